The van der Waals surface area contributed by atoms with Gasteiger partial charge in [-0.25, -0.2) is 0 Å². The molecule has 1 fully saturated rings. The molecular formula is C17H20N2O3. The molecule has 116 valence electrons. The van der Waals surface area contributed by atoms with Crippen LogP contribution in [0.25, 0.3) is 0 Å². The molecule has 1 aromatic rings. The van der Waals surface area contributed by atoms with E-state index in [-0.39, 0.29) is 24.1 Å². The number of hydrogen-bond donors (Lipinski definition) is 1. The average molecular weight is 300 g/mol. The summed E-state index contributed by atoms with van der Waals surface area (Å²) in [7, 11) is 0. The third kappa shape index (κ3) is 2.30. The van der Waals surface area contributed by atoms with Gasteiger partial charge in [0.2, 0.25) is 11.8 Å². The molecule has 2 heterocycles. The van der Waals surface area contributed by atoms with E-state index in [4.69, 9.17) is 0 Å². The summed E-state index contributed by atoms with van der Waals surface area (Å²) in [4.78, 5) is 37.5. The fourth-order valence-electron chi connectivity index (χ4n) is 3.37. The Balaban J connectivity index is 1.91. The first-order valence-corrected chi connectivity index (χ1v) is 7.84. The fourth-order valence-corrected chi connectivity index (χ4v) is 3.37. The zero-order chi connectivity index (χ0) is 15.9. The standard InChI is InChI=1S/C17H20N2O3/c1-3-10-7-12-9-19(14-5-6-15(20)18-16(14)21)17(22)13(12)8-11(10)4-2/h7-8,14H,3-6,9H2,1-2H3,(H,18,20,21). The molecule has 1 unspecified atom stereocenters. The number of fused-ring (bicyclic) bond motifs is 1. The topological polar surface area (TPSA) is 66.5 Å². The molecule has 0 radical (unpaired) electrons. The minimum atomic E-state index is -0.534. The van der Waals surface area contributed by atoms with Crippen LogP contribution in [0.3, 0.4) is 0 Å². The Bertz CT molecular complexity index is 666. The summed E-state index contributed by atoms with van der Waals surface area (Å²) in [6, 6.07) is 3.54. The molecule has 1 atom stereocenters. The Morgan fingerprint density at radius 2 is 1.82 bits per heavy atom. The third-order valence-corrected chi connectivity index (χ3v) is 4.61. The van der Waals surface area contributed by atoms with Crippen LogP contribution in [0.1, 0.15) is 53.7 Å². The number of benzene rings is 1. The molecule has 3 amide bonds. The summed E-state index contributed by atoms with van der Waals surface area (Å²) in [5.41, 5.74) is 4.15. The molecular weight excluding hydrogens is 280 g/mol. The first-order chi connectivity index (χ1) is 10.5. The van der Waals surface area contributed by atoms with Crippen LogP contribution < -0.4 is 5.32 Å². The fraction of sp³-hybridized carbons (Fsp3) is 0.471. The summed E-state index contributed by atoms with van der Waals surface area (Å²) in [5, 5.41) is 2.33. The van der Waals surface area contributed by atoms with Gasteiger partial charge in [0, 0.05) is 18.5 Å². The predicted octanol–water partition coefficient (Wildman–Crippen LogP) is 1.57. The zero-order valence-electron chi connectivity index (χ0n) is 12.9. The van der Waals surface area contributed by atoms with Crippen molar-refractivity contribution in [1.29, 1.82) is 0 Å². The molecule has 0 spiro atoms. The zero-order valence-corrected chi connectivity index (χ0v) is 12.9. The molecule has 22 heavy (non-hydrogen) atoms. The van der Waals surface area contributed by atoms with E-state index in [2.05, 4.69) is 25.2 Å². The van der Waals surface area contributed by atoms with E-state index in [0.717, 1.165) is 18.4 Å². The van der Waals surface area contributed by atoms with Gasteiger partial charge in [0.25, 0.3) is 5.91 Å². The van der Waals surface area contributed by atoms with E-state index < -0.39 is 6.04 Å². The molecule has 0 aromatic heterocycles. The van der Waals surface area contributed by atoms with Crippen LogP contribution >= 0.6 is 0 Å². The molecule has 1 aromatic carbocycles. The van der Waals surface area contributed by atoms with Gasteiger partial charge in [0.15, 0.2) is 0 Å². The van der Waals surface area contributed by atoms with Gasteiger partial charge in [0.1, 0.15) is 6.04 Å². The maximum Gasteiger partial charge on any atom is 0.255 e. The Labute approximate surface area is 129 Å². The molecule has 1 saturated heterocycles. The van der Waals surface area contributed by atoms with Gasteiger partial charge in [-0.05, 0) is 42.0 Å². The van der Waals surface area contributed by atoms with Gasteiger partial charge in [-0.3, -0.25) is 19.7 Å². The van der Waals surface area contributed by atoms with E-state index in [0.29, 0.717) is 18.5 Å². The van der Waals surface area contributed by atoms with Gasteiger partial charge < -0.3 is 4.90 Å². The van der Waals surface area contributed by atoms with Gasteiger partial charge in [-0.2, -0.15) is 0 Å². The minimum Gasteiger partial charge on any atom is -0.322 e. The monoisotopic (exact) mass is 300 g/mol. The molecule has 0 bridgehead atoms. The highest BCUT2D eigenvalue weighted by atomic mass is 16.2. The van der Waals surface area contributed by atoms with E-state index in [1.165, 1.54) is 11.1 Å². The highest BCUT2D eigenvalue weighted by Gasteiger charge is 2.39. The summed E-state index contributed by atoms with van der Waals surface area (Å²) in [5.74, 6) is -0.711. The Morgan fingerprint density at radius 1 is 1.14 bits per heavy atom. The number of rotatable bonds is 3. The van der Waals surface area contributed by atoms with Crippen molar-refractivity contribution < 1.29 is 14.4 Å². The van der Waals surface area contributed by atoms with Crippen LogP contribution in [-0.2, 0) is 29.0 Å². The van der Waals surface area contributed by atoms with Crippen LogP contribution in [0.4, 0.5) is 0 Å². The Hall–Kier alpha value is -2.17. The molecule has 3 rings (SSSR count). The number of hydrogen-bond acceptors (Lipinski definition) is 3. The van der Waals surface area contributed by atoms with Crippen LogP contribution in [0, 0.1) is 0 Å². The van der Waals surface area contributed by atoms with E-state index in [1.54, 1.807) is 4.90 Å². The van der Waals surface area contributed by atoms with E-state index in [1.807, 2.05) is 6.07 Å². The van der Waals surface area contributed by atoms with Crippen molar-refractivity contribution in [2.75, 3.05) is 0 Å². The summed E-state index contributed by atoms with van der Waals surface area (Å²) in [6.45, 7) is 4.64. The lowest BCUT2D eigenvalue weighted by Crippen LogP contribution is -2.52. The van der Waals surface area contributed by atoms with Gasteiger partial charge in [-0.1, -0.05) is 19.9 Å². The molecule has 5 nitrogen and oxygen atoms in total. The van der Waals surface area contributed by atoms with Gasteiger partial charge in [-0.15, -0.1) is 0 Å². The second kappa shape index (κ2) is 5.55. The SMILES string of the molecule is CCc1cc2c(cc1CC)C(=O)N(C1CCC(=O)NC1=O)C2. The molecule has 5 heteroatoms. The first kappa shape index (κ1) is 14.8. The predicted molar refractivity (Wildman–Crippen MR) is 81.2 cm³/mol. The second-order valence-corrected chi connectivity index (χ2v) is 5.89. The van der Waals surface area contributed by atoms with Crippen LogP contribution in [0.15, 0.2) is 12.1 Å². The summed E-state index contributed by atoms with van der Waals surface area (Å²) < 4.78 is 0. The van der Waals surface area contributed by atoms with Gasteiger partial charge in [0.05, 0.1) is 0 Å². The highest BCUT2D eigenvalue weighted by molar-refractivity contribution is 6.05. The number of carbonyl (C=O) groups is 3. The molecule has 2 aliphatic rings. The van der Waals surface area contributed by atoms with E-state index >= 15 is 0 Å². The summed E-state index contributed by atoms with van der Waals surface area (Å²) >= 11 is 0. The lowest BCUT2D eigenvalue weighted by Gasteiger charge is -2.29. The number of nitrogens with one attached hydrogen (secondary N) is 1. The number of imide groups is 1. The van der Waals surface area contributed by atoms with Crippen molar-refractivity contribution in [3.8, 4) is 0 Å². The van der Waals surface area contributed by atoms with Crippen molar-refractivity contribution in [2.45, 2.75) is 52.1 Å². The molecule has 0 saturated carbocycles. The van der Waals surface area contributed by atoms with Crippen molar-refractivity contribution in [2.24, 2.45) is 0 Å². The minimum absolute atomic E-state index is 0.0955. The quantitative estimate of drug-likeness (QED) is 0.862. The van der Waals surface area contributed by atoms with Crippen molar-refractivity contribution in [3.63, 3.8) is 0 Å². The normalized spacial score (nSPS) is 21.1. The first-order valence-electron chi connectivity index (χ1n) is 7.84. The molecule has 0 aliphatic carbocycles. The van der Waals surface area contributed by atoms with Crippen molar-refractivity contribution in [3.05, 3.63) is 34.4 Å². The van der Waals surface area contributed by atoms with E-state index in [9.17, 15) is 14.4 Å². The Kier molecular flexibility index (Phi) is 3.72. The van der Waals surface area contributed by atoms with Crippen LogP contribution in [0.5, 0.6) is 0 Å². The number of carbonyl (C=O) groups excluding carboxylic acids is 3. The van der Waals surface area contributed by atoms with Crippen LogP contribution in [-0.4, -0.2) is 28.7 Å². The lowest BCUT2D eigenvalue weighted by atomic mass is 9.97. The number of aryl methyl sites for hydroxylation is 2. The highest BCUT2D eigenvalue weighted by Crippen LogP contribution is 2.30. The largest absolute Gasteiger partial charge is 0.322 e. The smallest absolute Gasteiger partial charge is 0.255 e. The average Bonchev–Trinajstić information content (AvgIpc) is 2.82. The maximum atomic E-state index is 12.7. The number of piperidine rings is 1. The second-order valence-electron chi connectivity index (χ2n) is 5.89. The molecule has 2 aliphatic heterocycles. The third-order valence-electron chi connectivity index (χ3n) is 4.61. The maximum absolute atomic E-state index is 12.7. The number of amides is 3. The summed E-state index contributed by atoms with van der Waals surface area (Å²) in [6.07, 6.45) is 2.52. The number of nitrogens with zero attached hydrogens (tertiary/aromatic N) is 1. The van der Waals surface area contributed by atoms with Gasteiger partial charge >= 0.3 is 0 Å². The molecule has 1 N–H and O–H groups in total. The van der Waals surface area contributed by atoms with Crippen LogP contribution in [0.2, 0.25) is 0 Å². The van der Waals surface area contributed by atoms with Crippen molar-refractivity contribution >= 4 is 17.7 Å². The van der Waals surface area contributed by atoms with Crippen molar-refractivity contribution in [1.82, 2.24) is 10.2 Å². The lowest BCUT2D eigenvalue weighted by molar-refractivity contribution is -0.136. The Morgan fingerprint density at radius 3 is 2.45 bits per heavy atom.